The predicted molar refractivity (Wildman–Crippen MR) is 61.5 cm³/mol. The van der Waals surface area contributed by atoms with Crippen molar-refractivity contribution in [1.82, 2.24) is 10.2 Å². The van der Waals surface area contributed by atoms with Crippen LogP contribution in [-0.2, 0) is 0 Å². The highest BCUT2D eigenvalue weighted by molar-refractivity contribution is 8.00. The van der Waals surface area contributed by atoms with E-state index in [1.807, 2.05) is 12.1 Å². The first-order valence-corrected chi connectivity index (χ1v) is 5.96. The topological polar surface area (TPSA) is 15.3 Å². The third-order valence-electron chi connectivity index (χ3n) is 2.44. The number of hydrogen-bond donors (Lipinski definition) is 1. The van der Waals surface area contributed by atoms with Crippen molar-refractivity contribution < 1.29 is 4.39 Å². The maximum absolute atomic E-state index is 12.7. The van der Waals surface area contributed by atoms with E-state index in [4.69, 9.17) is 0 Å². The van der Waals surface area contributed by atoms with Gasteiger partial charge in [-0.15, -0.1) is 11.8 Å². The lowest BCUT2D eigenvalue weighted by molar-refractivity contribution is 0.278. The first-order valence-electron chi connectivity index (χ1n) is 5.08. The molecule has 0 amide bonds. The van der Waals surface area contributed by atoms with Gasteiger partial charge in [0.2, 0.25) is 0 Å². The molecule has 0 spiro atoms. The Morgan fingerprint density at radius 1 is 1.40 bits per heavy atom. The molecule has 2 rings (SSSR count). The smallest absolute Gasteiger partial charge is 0.123 e. The normalized spacial score (nSPS) is 22.9. The minimum atomic E-state index is -0.173. The molecule has 4 heteroatoms. The van der Waals surface area contributed by atoms with Crippen LogP contribution in [0, 0.1) is 5.82 Å². The van der Waals surface area contributed by atoms with E-state index in [1.165, 1.54) is 12.1 Å². The van der Waals surface area contributed by atoms with Crippen molar-refractivity contribution in [2.75, 3.05) is 26.7 Å². The maximum atomic E-state index is 12.7. The van der Waals surface area contributed by atoms with Gasteiger partial charge in [0.05, 0.1) is 5.37 Å². The molecule has 0 aliphatic carbocycles. The van der Waals surface area contributed by atoms with Crippen molar-refractivity contribution in [1.29, 1.82) is 0 Å². The monoisotopic (exact) mass is 226 g/mol. The lowest BCUT2D eigenvalue weighted by atomic mass is 10.3. The van der Waals surface area contributed by atoms with Crippen LogP contribution in [-0.4, -0.2) is 37.0 Å². The summed E-state index contributed by atoms with van der Waals surface area (Å²) in [5.74, 6) is -0.173. The third-order valence-corrected chi connectivity index (χ3v) is 3.58. The van der Waals surface area contributed by atoms with Gasteiger partial charge in [-0.3, -0.25) is 0 Å². The van der Waals surface area contributed by atoms with Gasteiger partial charge in [-0.25, -0.2) is 4.39 Å². The second-order valence-corrected chi connectivity index (χ2v) is 5.05. The summed E-state index contributed by atoms with van der Waals surface area (Å²) in [5.41, 5.74) is 0. The number of hydrogen-bond acceptors (Lipinski definition) is 3. The first-order chi connectivity index (χ1) is 7.24. The quantitative estimate of drug-likeness (QED) is 0.827. The van der Waals surface area contributed by atoms with Crippen molar-refractivity contribution in [2.45, 2.75) is 10.3 Å². The predicted octanol–water partition coefficient (Wildman–Crippen LogP) is 1.78. The molecule has 0 saturated carbocycles. The van der Waals surface area contributed by atoms with Gasteiger partial charge in [0.1, 0.15) is 5.82 Å². The minimum Gasteiger partial charge on any atom is -0.303 e. The van der Waals surface area contributed by atoms with Gasteiger partial charge in [0.15, 0.2) is 0 Å². The van der Waals surface area contributed by atoms with E-state index in [-0.39, 0.29) is 5.82 Å². The number of nitrogens with one attached hydrogen (secondary N) is 1. The summed E-state index contributed by atoms with van der Waals surface area (Å²) in [6.45, 7) is 3.15. The van der Waals surface area contributed by atoms with Crippen LogP contribution in [0.25, 0.3) is 0 Å². The molecular weight excluding hydrogens is 211 g/mol. The summed E-state index contributed by atoms with van der Waals surface area (Å²) in [5, 5.41) is 3.85. The Morgan fingerprint density at radius 2 is 2.13 bits per heavy atom. The zero-order chi connectivity index (χ0) is 10.7. The molecule has 1 unspecified atom stereocenters. The van der Waals surface area contributed by atoms with Crippen molar-refractivity contribution >= 4 is 11.8 Å². The fourth-order valence-corrected chi connectivity index (χ4v) is 2.76. The summed E-state index contributed by atoms with van der Waals surface area (Å²) < 4.78 is 12.7. The molecule has 1 N–H and O–H groups in total. The summed E-state index contributed by atoms with van der Waals surface area (Å²) in [4.78, 5) is 3.42. The molecule has 1 aromatic carbocycles. The van der Waals surface area contributed by atoms with Crippen molar-refractivity contribution in [3.8, 4) is 0 Å². The highest BCUT2D eigenvalue weighted by atomic mass is 32.2. The van der Waals surface area contributed by atoms with Crippen LogP contribution in [0.4, 0.5) is 4.39 Å². The molecule has 1 heterocycles. The Labute approximate surface area is 93.8 Å². The van der Waals surface area contributed by atoms with E-state index < -0.39 is 0 Å². The minimum absolute atomic E-state index is 0.173. The molecule has 82 valence electrons. The number of rotatable bonds is 2. The average Bonchev–Trinajstić information content (AvgIpc) is 2.22. The van der Waals surface area contributed by atoms with Crippen LogP contribution in [0.15, 0.2) is 29.2 Å². The van der Waals surface area contributed by atoms with Gasteiger partial charge in [0.25, 0.3) is 0 Å². The van der Waals surface area contributed by atoms with Crippen LogP contribution in [0.2, 0.25) is 0 Å². The molecular formula is C11H15FN2S. The lowest BCUT2D eigenvalue weighted by Crippen LogP contribution is -2.47. The van der Waals surface area contributed by atoms with Gasteiger partial charge in [0, 0.05) is 24.5 Å². The zero-order valence-electron chi connectivity index (χ0n) is 8.74. The molecule has 1 atom stereocenters. The Bertz CT molecular complexity index is 315. The zero-order valence-corrected chi connectivity index (χ0v) is 9.56. The van der Waals surface area contributed by atoms with Crippen LogP contribution >= 0.6 is 11.8 Å². The molecule has 1 saturated heterocycles. The number of likely N-dealkylation sites (N-methyl/N-ethyl adjacent to an activating group) is 1. The molecule has 0 radical (unpaired) electrons. The summed E-state index contributed by atoms with van der Waals surface area (Å²) >= 11 is 1.76. The fraction of sp³-hybridized carbons (Fsp3) is 0.455. The van der Waals surface area contributed by atoms with Gasteiger partial charge < -0.3 is 10.2 Å². The summed E-state index contributed by atoms with van der Waals surface area (Å²) in [7, 11) is 2.12. The Balaban J connectivity index is 1.93. The Morgan fingerprint density at radius 3 is 2.80 bits per heavy atom. The lowest BCUT2D eigenvalue weighted by Gasteiger charge is -2.30. The van der Waals surface area contributed by atoms with E-state index in [0.717, 1.165) is 24.5 Å². The molecule has 1 fully saturated rings. The second kappa shape index (κ2) is 4.96. The molecule has 1 aliphatic rings. The second-order valence-electron chi connectivity index (χ2n) is 3.78. The van der Waals surface area contributed by atoms with E-state index in [0.29, 0.717) is 5.37 Å². The summed E-state index contributed by atoms with van der Waals surface area (Å²) in [6, 6.07) is 6.68. The van der Waals surface area contributed by atoms with Gasteiger partial charge in [-0.1, -0.05) is 0 Å². The molecule has 15 heavy (non-hydrogen) atoms. The van der Waals surface area contributed by atoms with E-state index in [2.05, 4.69) is 17.3 Å². The molecule has 1 aromatic rings. The SMILES string of the molecule is CN1CCNC(Sc2ccc(F)cc2)C1. The van der Waals surface area contributed by atoms with Gasteiger partial charge in [-0.05, 0) is 31.3 Å². The van der Waals surface area contributed by atoms with E-state index >= 15 is 0 Å². The maximum Gasteiger partial charge on any atom is 0.123 e. The van der Waals surface area contributed by atoms with Crippen LogP contribution < -0.4 is 5.32 Å². The number of halogens is 1. The van der Waals surface area contributed by atoms with E-state index in [1.54, 1.807) is 11.8 Å². The molecule has 2 nitrogen and oxygen atoms in total. The number of benzene rings is 1. The standard InChI is InChI=1S/C11H15FN2S/c1-14-7-6-13-11(8-14)15-10-4-2-9(12)3-5-10/h2-5,11,13H,6-8H2,1H3. The molecule has 1 aliphatic heterocycles. The Hall–Kier alpha value is -0.580. The highest BCUT2D eigenvalue weighted by Gasteiger charge is 2.16. The van der Waals surface area contributed by atoms with E-state index in [9.17, 15) is 4.39 Å². The van der Waals surface area contributed by atoms with Gasteiger partial charge >= 0.3 is 0 Å². The Kier molecular flexibility index (Phi) is 3.61. The summed E-state index contributed by atoms with van der Waals surface area (Å²) in [6.07, 6.45) is 0. The molecule has 0 aromatic heterocycles. The molecule has 0 bridgehead atoms. The third kappa shape index (κ3) is 3.19. The fourth-order valence-electron chi connectivity index (χ4n) is 1.61. The first kappa shape index (κ1) is 10.9. The number of thioether (sulfide) groups is 1. The van der Waals surface area contributed by atoms with Crippen molar-refractivity contribution in [2.24, 2.45) is 0 Å². The van der Waals surface area contributed by atoms with Crippen LogP contribution in [0.1, 0.15) is 0 Å². The van der Waals surface area contributed by atoms with Gasteiger partial charge in [-0.2, -0.15) is 0 Å². The number of piperazine rings is 1. The highest BCUT2D eigenvalue weighted by Crippen LogP contribution is 2.23. The van der Waals surface area contributed by atoms with Crippen molar-refractivity contribution in [3.05, 3.63) is 30.1 Å². The van der Waals surface area contributed by atoms with Crippen LogP contribution in [0.5, 0.6) is 0 Å². The average molecular weight is 226 g/mol. The van der Waals surface area contributed by atoms with Crippen molar-refractivity contribution in [3.63, 3.8) is 0 Å². The van der Waals surface area contributed by atoms with Crippen LogP contribution in [0.3, 0.4) is 0 Å². The largest absolute Gasteiger partial charge is 0.303 e. The number of nitrogens with zero attached hydrogens (tertiary/aromatic N) is 1.